The van der Waals surface area contributed by atoms with Gasteiger partial charge in [0.2, 0.25) is 0 Å². The fourth-order valence-electron chi connectivity index (χ4n) is 2.84. The standard InChI is InChI=1S/C21H21N/c1-4-18-7-5-6-8-20(18)21-14-13-19(16(3)22-21)15(2)9-10-17-11-12-17/h1,5-8,13-14,17H,2,9-12H2,3H3. The van der Waals surface area contributed by atoms with Crippen LogP contribution in [0.3, 0.4) is 0 Å². The maximum absolute atomic E-state index is 5.59. The summed E-state index contributed by atoms with van der Waals surface area (Å²) in [4.78, 5) is 4.76. The maximum atomic E-state index is 5.59. The molecule has 1 heterocycles. The van der Waals surface area contributed by atoms with Crippen molar-refractivity contribution in [3.8, 4) is 23.6 Å². The van der Waals surface area contributed by atoms with Crippen LogP contribution in [0.1, 0.15) is 42.5 Å². The van der Waals surface area contributed by atoms with Gasteiger partial charge in [-0.1, -0.05) is 49.6 Å². The third-order valence-corrected chi connectivity index (χ3v) is 4.38. The number of hydrogen-bond donors (Lipinski definition) is 0. The number of benzene rings is 1. The van der Waals surface area contributed by atoms with E-state index in [1.807, 2.05) is 24.3 Å². The van der Waals surface area contributed by atoms with E-state index in [9.17, 15) is 0 Å². The topological polar surface area (TPSA) is 12.9 Å². The third-order valence-electron chi connectivity index (χ3n) is 4.38. The zero-order chi connectivity index (χ0) is 15.5. The van der Waals surface area contributed by atoms with Crippen LogP contribution in [0.4, 0.5) is 0 Å². The van der Waals surface area contributed by atoms with Gasteiger partial charge in [0, 0.05) is 16.8 Å². The van der Waals surface area contributed by atoms with Crippen LogP contribution < -0.4 is 0 Å². The molecule has 0 bridgehead atoms. The van der Waals surface area contributed by atoms with E-state index in [0.29, 0.717) is 0 Å². The van der Waals surface area contributed by atoms with Crippen molar-refractivity contribution in [2.45, 2.75) is 32.6 Å². The maximum Gasteiger partial charge on any atom is 0.0718 e. The summed E-state index contributed by atoms with van der Waals surface area (Å²) in [6.45, 7) is 6.30. The monoisotopic (exact) mass is 287 g/mol. The van der Waals surface area contributed by atoms with Gasteiger partial charge in [-0.15, -0.1) is 6.42 Å². The van der Waals surface area contributed by atoms with Gasteiger partial charge in [0.15, 0.2) is 0 Å². The number of pyridine rings is 1. The van der Waals surface area contributed by atoms with E-state index in [1.54, 1.807) is 0 Å². The normalized spacial score (nSPS) is 13.6. The summed E-state index contributed by atoms with van der Waals surface area (Å²) >= 11 is 0. The number of hydrogen-bond acceptors (Lipinski definition) is 1. The van der Waals surface area contributed by atoms with E-state index < -0.39 is 0 Å². The molecular weight excluding hydrogens is 266 g/mol. The molecule has 1 aliphatic carbocycles. The summed E-state index contributed by atoms with van der Waals surface area (Å²) in [7, 11) is 0. The van der Waals surface area contributed by atoms with Gasteiger partial charge in [0.05, 0.1) is 5.69 Å². The summed E-state index contributed by atoms with van der Waals surface area (Å²) in [6, 6.07) is 12.1. The van der Waals surface area contributed by atoms with Crippen molar-refractivity contribution in [1.29, 1.82) is 0 Å². The first-order valence-electron chi connectivity index (χ1n) is 7.91. The second kappa shape index (κ2) is 6.20. The van der Waals surface area contributed by atoms with Gasteiger partial charge in [0.1, 0.15) is 0 Å². The highest BCUT2D eigenvalue weighted by atomic mass is 14.7. The van der Waals surface area contributed by atoms with Crippen molar-refractivity contribution in [2.24, 2.45) is 5.92 Å². The van der Waals surface area contributed by atoms with Crippen molar-refractivity contribution >= 4 is 5.57 Å². The Morgan fingerprint density at radius 1 is 1.27 bits per heavy atom. The van der Waals surface area contributed by atoms with Gasteiger partial charge in [-0.05, 0) is 49.0 Å². The van der Waals surface area contributed by atoms with Crippen LogP contribution in [-0.2, 0) is 0 Å². The second-order valence-corrected chi connectivity index (χ2v) is 6.10. The summed E-state index contributed by atoms with van der Waals surface area (Å²) in [5.74, 6) is 3.67. The van der Waals surface area contributed by atoms with Crippen LogP contribution in [0.5, 0.6) is 0 Å². The van der Waals surface area contributed by atoms with Crippen molar-refractivity contribution in [2.75, 3.05) is 0 Å². The van der Waals surface area contributed by atoms with Crippen LogP contribution in [-0.4, -0.2) is 4.98 Å². The Bertz CT molecular complexity index is 745. The minimum absolute atomic E-state index is 0.884. The number of nitrogens with zero attached hydrogens (tertiary/aromatic N) is 1. The van der Waals surface area contributed by atoms with E-state index in [2.05, 4.69) is 31.6 Å². The van der Waals surface area contributed by atoms with E-state index in [0.717, 1.165) is 34.9 Å². The van der Waals surface area contributed by atoms with Crippen molar-refractivity contribution in [1.82, 2.24) is 4.98 Å². The minimum atomic E-state index is 0.884. The third kappa shape index (κ3) is 3.12. The Hall–Kier alpha value is -2.33. The molecule has 0 saturated heterocycles. The smallest absolute Gasteiger partial charge is 0.0718 e. The van der Waals surface area contributed by atoms with E-state index in [1.165, 1.54) is 30.4 Å². The lowest BCUT2D eigenvalue weighted by atomic mass is 9.98. The molecule has 1 aromatic carbocycles. The largest absolute Gasteiger partial charge is 0.252 e. The Morgan fingerprint density at radius 3 is 2.73 bits per heavy atom. The number of aromatic nitrogens is 1. The molecule has 110 valence electrons. The molecular formula is C21H21N. The van der Waals surface area contributed by atoms with Gasteiger partial charge in [0.25, 0.3) is 0 Å². The molecule has 1 aromatic heterocycles. The highest BCUT2D eigenvalue weighted by Crippen LogP contribution is 2.36. The van der Waals surface area contributed by atoms with Crippen molar-refractivity contribution in [3.05, 3.63) is 59.8 Å². The summed E-state index contributed by atoms with van der Waals surface area (Å²) in [5.41, 5.74) is 6.25. The zero-order valence-corrected chi connectivity index (χ0v) is 13.1. The molecule has 1 aliphatic rings. The molecule has 0 amide bonds. The number of allylic oxidation sites excluding steroid dienone is 1. The lowest BCUT2D eigenvalue weighted by Gasteiger charge is -2.11. The molecule has 1 fully saturated rings. The lowest BCUT2D eigenvalue weighted by molar-refractivity contribution is 0.750. The molecule has 0 radical (unpaired) electrons. The van der Waals surface area contributed by atoms with Crippen LogP contribution in [0.25, 0.3) is 16.8 Å². The zero-order valence-electron chi connectivity index (χ0n) is 13.1. The van der Waals surface area contributed by atoms with E-state index in [4.69, 9.17) is 11.4 Å². The average molecular weight is 287 g/mol. The van der Waals surface area contributed by atoms with Gasteiger partial charge in [-0.3, -0.25) is 4.98 Å². The first-order chi connectivity index (χ1) is 10.7. The Labute approximate surface area is 133 Å². The lowest BCUT2D eigenvalue weighted by Crippen LogP contribution is -1.96. The molecule has 0 atom stereocenters. The predicted octanol–water partition coefficient (Wildman–Crippen LogP) is 5.24. The molecule has 3 rings (SSSR count). The molecule has 1 heteroatoms. The van der Waals surface area contributed by atoms with Crippen LogP contribution in [0.15, 0.2) is 43.0 Å². The molecule has 0 unspecified atom stereocenters. The number of aryl methyl sites for hydroxylation is 1. The van der Waals surface area contributed by atoms with E-state index in [-0.39, 0.29) is 0 Å². The molecule has 22 heavy (non-hydrogen) atoms. The van der Waals surface area contributed by atoms with Crippen molar-refractivity contribution in [3.63, 3.8) is 0 Å². The van der Waals surface area contributed by atoms with Gasteiger partial charge >= 0.3 is 0 Å². The number of rotatable bonds is 5. The average Bonchev–Trinajstić information content (AvgIpc) is 3.36. The SMILES string of the molecule is C#Cc1ccccc1-c1ccc(C(=C)CCC2CC2)c(C)n1. The molecule has 0 aliphatic heterocycles. The molecule has 1 saturated carbocycles. The summed E-state index contributed by atoms with van der Waals surface area (Å²) < 4.78 is 0. The van der Waals surface area contributed by atoms with Gasteiger partial charge in [-0.25, -0.2) is 0 Å². The van der Waals surface area contributed by atoms with Gasteiger partial charge in [-0.2, -0.15) is 0 Å². The van der Waals surface area contributed by atoms with Crippen LogP contribution in [0.2, 0.25) is 0 Å². The first kappa shape index (κ1) is 14.6. The van der Waals surface area contributed by atoms with Crippen LogP contribution >= 0.6 is 0 Å². The summed E-state index contributed by atoms with van der Waals surface area (Å²) in [5, 5.41) is 0. The highest BCUT2D eigenvalue weighted by Gasteiger charge is 2.21. The molecule has 2 aromatic rings. The van der Waals surface area contributed by atoms with E-state index >= 15 is 0 Å². The summed E-state index contributed by atoms with van der Waals surface area (Å²) in [6.07, 6.45) is 10.7. The number of terminal acetylenes is 1. The molecule has 0 spiro atoms. The molecule has 0 N–H and O–H groups in total. The highest BCUT2D eigenvalue weighted by molar-refractivity contribution is 5.71. The quantitative estimate of drug-likeness (QED) is 0.685. The second-order valence-electron chi connectivity index (χ2n) is 6.10. The first-order valence-corrected chi connectivity index (χ1v) is 7.91. The van der Waals surface area contributed by atoms with Gasteiger partial charge < -0.3 is 0 Å². The van der Waals surface area contributed by atoms with Crippen molar-refractivity contribution < 1.29 is 0 Å². The van der Waals surface area contributed by atoms with Crippen LogP contribution in [0, 0.1) is 25.2 Å². The fourth-order valence-corrected chi connectivity index (χ4v) is 2.84. The Morgan fingerprint density at radius 2 is 2.05 bits per heavy atom. The predicted molar refractivity (Wildman–Crippen MR) is 93.3 cm³/mol. The molecule has 1 nitrogen and oxygen atoms in total. The fraction of sp³-hybridized carbons (Fsp3) is 0.286. The Balaban J connectivity index is 1.85. The minimum Gasteiger partial charge on any atom is -0.252 e. The Kier molecular flexibility index (Phi) is 4.11.